The van der Waals surface area contributed by atoms with Gasteiger partial charge in [-0.3, -0.25) is 4.99 Å². The zero-order valence-corrected chi connectivity index (χ0v) is 18.4. The monoisotopic (exact) mass is 487 g/mol. The molecule has 0 amide bonds. The van der Waals surface area contributed by atoms with Crippen LogP contribution in [-0.2, 0) is 24.3 Å². The fraction of sp³-hybridized carbons (Fsp3) is 0.350. The zero-order valence-electron chi connectivity index (χ0n) is 15.3. The van der Waals surface area contributed by atoms with E-state index in [1.165, 1.54) is 11.1 Å². The van der Waals surface area contributed by atoms with Crippen LogP contribution in [0.5, 0.6) is 0 Å². The molecule has 0 aliphatic heterocycles. The number of halogens is 2. The first-order valence-electron chi connectivity index (χ1n) is 8.56. The zero-order chi connectivity index (χ0) is 17.9. The highest BCUT2D eigenvalue weighted by atomic mass is 127. The second kappa shape index (κ2) is 12.9. The maximum absolute atomic E-state index is 6.18. The Bertz CT molecular complexity index is 677. The average molecular weight is 488 g/mol. The lowest BCUT2D eigenvalue weighted by molar-refractivity contribution is 0.134. The van der Waals surface area contributed by atoms with E-state index in [0.717, 1.165) is 42.7 Å². The van der Waals surface area contributed by atoms with E-state index in [1.54, 1.807) is 7.05 Å². The summed E-state index contributed by atoms with van der Waals surface area (Å²) in [7, 11) is 1.77. The van der Waals surface area contributed by atoms with Crippen LogP contribution in [0.2, 0.25) is 5.02 Å². The van der Waals surface area contributed by atoms with Crippen LogP contribution in [0, 0.1) is 0 Å². The number of nitrogens with one attached hydrogen (secondary N) is 2. The number of hydrogen-bond donors (Lipinski definition) is 2. The minimum Gasteiger partial charge on any atom is -0.377 e. The van der Waals surface area contributed by atoms with Gasteiger partial charge in [-0.25, -0.2) is 0 Å². The summed E-state index contributed by atoms with van der Waals surface area (Å²) in [5, 5.41) is 7.44. The van der Waals surface area contributed by atoms with Crippen LogP contribution in [0.15, 0.2) is 53.5 Å². The van der Waals surface area contributed by atoms with Gasteiger partial charge in [0.2, 0.25) is 0 Å². The van der Waals surface area contributed by atoms with Gasteiger partial charge >= 0.3 is 0 Å². The molecule has 6 heteroatoms. The molecule has 142 valence electrons. The van der Waals surface area contributed by atoms with Crippen molar-refractivity contribution in [1.29, 1.82) is 0 Å². The third kappa shape index (κ3) is 7.93. The summed E-state index contributed by atoms with van der Waals surface area (Å²) in [4.78, 5) is 4.26. The van der Waals surface area contributed by atoms with Gasteiger partial charge in [-0.2, -0.15) is 0 Å². The lowest BCUT2D eigenvalue weighted by Gasteiger charge is -2.12. The van der Waals surface area contributed by atoms with E-state index in [-0.39, 0.29) is 24.0 Å². The summed E-state index contributed by atoms with van der Waals surface area (Å²) in [5.41, 5.74) is 3.53. The Morgan fingerprint density at radius 1 is 1.04 bits per heavy atom. The van der Waals surface area contributed by atoms with Crippen molar-refractivity contribution in [1.82, 2.24) is 10.6 Å². The maximum Gasteiger partial charge on any atom is 0.191 e. The highest BCUT2D eigenvalue weighted by molar-refractivity contribution is 14.0. The van der Waals surface area contributed by atoms with Crippen molar-refractivity contribution in [2.45, 2.75) is 26.5 Å². The summed E-state index contributed by atoms with van der Waals surface area (Å²) in [6, 6.07) is 16.3. The Morgan fingerprint density at radius 3 is 2.38 bits per heavy atom. The molecule has 0 atom stereocenters. The normalized spacial score (nSPS) is 11.0. The van der Waals surface area contributed by atoms with Crippen molar-refractivity contribution >= 4 is 41.5 Å². The molecule has 4 nitrogen and oxygen atoms in total. The first-order chi connectivity index (χ1) is 12.2. The second-order valence-corrected chi connectivity index (χ2v) is 6.05. The second-order valence-electron chi connectivity index (χ2n) is 5.65. The highest BCUT2D eigenvalue weighted by Gasteiger charge is 2.01. The predicted octanol–water partition coefficient (Wildman–Crippen LogP) is 4.40. The van der Waals surface area contributed by atoms with Crippen molar-refractivity contribution in [3.8, 4) is 0 Å². The smallest absolute Gasteiger partial charge is 0.191 e. The Labute approximate surface area is 178 Å². The van der Waals surface area contributed by atoms with Crippen LogP contribution in [0.25, 0.3) is 0 Å². The fourth-order valence-electron chi connectivity index (χ4n) is 2.40. The lowest BCUT2D eigenvalue weighted by Crippen LogP contribution is -2.37. The number of benzene rings is 2. The Kier molecular flexibility index (Phi) is 11.3. The Hall–Kier alpha value is -1.31. The summed E-state index contributed by atoms with van der Waals surface area (Å²) in [6.45, 7) is 4.90. The average Bonchev–Trinajstić information content (AvgIpc) is 2.65. The van der Waals surface area contributed by atoms with E-state index in [0.29, 0.717) is 6.61 Å². The van der Waals surface area contributed by atoms with Crippen molar-refractivity contribution in [2.75, 3.05) is 20.2 Å². The van der Waals surface area contributed by atoms with Crippen molar-refractivity contribution in [3.63, 3.8) is 0 Å². The molecule has 0 unspecified atom stereocenters. The van der Waals surface area contributed by atoms with E-state index in [9.17, 15) is 0 Å². The van der Waals surface area contributed by atoms with Gasteiger partial charge in [0.15, 0.2) is 5.96 Å². The van der Waals surface area contributed by atoms with E-state index in [1.807, 2.05) is 31.2 Å². The SMILES string of the molecule is CCOCc1ccc(CNC(=NC)NCCc2ccccc2Cl)cc1.I. The van der Waals surface area contributed by atoms with Gasteiger partial charge in [0.25, 0.3) is 0 Å². The topological polar surface area (TPSA) is 45.6 Å². The molecular weight excluding hydrogens is 461 g/mol. The van der Waals surface area contributed by atoms with Gasteiger partial charge in [-0.05, 0) is 36.1 Å². The number of ether oxygens (including phenoxy) is 1. The van der Waals surface area contributed by atoms with Crippen LogP contribution in [-0.4, -0.2) is 26.2 Å². The first kappa shape index (κ1) is 22.7. The standard InChI is InChI=1S/C20H26ClN3O.HI/c1-3-25-15-17-10-8-16(9-11-17)14-24-20(22-2)23-13-12-18-6-4-5-7-19(18)21;/h4-11H,3,12-15H2,1-2H3,(H2,22,23,24);1H. The van der Waals surface area contributed by atoms with Crippen LogP contribution in [0.3, 0.4) is 0 Å². The number of guanidine groups is 1. The molecule has 2 aromatic rings. The molecule has 26 heavy (non-hydrogen) atoms. The van der Waals surface area contributed by atoms with Crippen molar-refractivity contribution in [2.24, 2.45) is 4.99 Å². The molecule has 0 heterocycles. The molecule has 2 rings (SSSR count). The van der Waals surface area contributed by atoms with Crippen molar-refractivity contribution < 1.29 is 4.74 Å². The first-order valence-corrected chi connectivity index (χ1v) is 8.94. The Balaban J connectivity index is 0.00000338. The minimum absolute atomic E-state index is 0. The Morgan fingerprint density at radius 2 is 1.73 bits per heavy atom. The number of nitrogens with zero attached hydrogens (tertiary/aromatic N) is 1. The molecule has 0 saturated heterocycles. The van der Waals surface area contributed by atoms with Crippen molar-refractivity contribution in [3.05, 3.63) is 70.2 Å². The van der Waals surface area contributed by atoms with Gasteiger partial charge < -0.3 is 15.4 Å². The van der Waals surface area contributed by atoms with E-state index >= 15 is 0 Å². The van der Waals surface area contributed by atoms with Gasteiger partial charge in [-0.1, -0.05) is 54.1 Å². The molecule has 0 aromatic heterocycles. The quantitative estimate of drug-likeness (QED) is 0.330. The van der Waals surface area contributed by atoms with E-state index < -0.39 is 0 Å². The van der Waals surface area contributed by atoms with Gasteiger partial charge in [0.1, 0.15) is 0 Å². The largest absolute Gasteiger partial charge is 0.377 e. The minimum atomic E-state index is 0. The molecule has 0 spiro atoms. The maximum atomic E-state index is 6.18. The summed E-state index contributed by atoms with van der Waals surface area (Å²) >= 11 is 6.18. The molecule has 0 saturated carbocycles. The van der Waals surface area contributed by atoms with Crippen LogP contribution >= 0.6 is 35.6 Å². The molecule has 0 fully saturated rings. The van der Waals surface area contributed by atoms with Gasteiger partial charge in [0, 0.05) is 31.8 Å². The molecule has 0 aliphatic carbocycles. The third-order valence-electron chi connectivity index (χ3n) is 3.82. The molecule has 0 aliphatic rings. The fourth-order valence-corrected chi connectivity index (χ4v) is 2.63. The van der Waals surface area contributed by atoms with E-state index in [4.69, 9.17) is 16.3 Å². The molecule has 2 aromatic carbocycles. The predicted molar refractivity (Wildman–Crippen MR) is 121 cm³/mol. The van der Waals surface area contributed by atoms with Gasteiger partial charge in [-0.15, -0.1) is 24.0 Å². The molecule has 0 bridgehead atoms. The lowest BCUT2D eigenvalue weighted by atomic mass is 10.1. The summed E-state index contributed by atoms with van der Waals surface area (Å²) in [5.74, 6) is 0.783. The van der Waals surface area contributed by atoms with Crippen LogP contribution in [0.4, 0.5) is 0 Å². The molecule has 2 N–H and O–H groups in total. The van der Waals surface area contributed by atoms with E-state index in [2.05, 4.69) is 39.9 Å². The highest BCUT2D eigenvalue weighted by Crippen LogP contribution is 2.14. The van der Waals surface area contributed by atoms with Crippen LogP contribution in [0.1, 0.15) is 23.6 Å². The summed E-state index contributed by atoms with van der Waals surface area (Å²) < 4.78 is 5.41. The number of aliphatic imine (C=N–C) groups is 1. The number of hydrogen-bond acceptors (Lipinski definition) is 2. The van der Waals surface area contributed by atoms with Gasteiger partial charge in [0.05, 0.1) is 6.61 Å². The third-order valence-corrected chi connectivity index (χ3v) is 4.19. The molecular formula is C20H27ClIN3O. The van der Waals surface area contributed by atoms with Crippen LogP contribution < -0.4 is 10.6 Å². The molecule has 0 radical (unpaired) electrons. The number of rotatable bonds is 8. The summed E-state index contributed by atoms with van der Waals surface area (Å²) in [6.07, 6.45) is 0.854.